The van der Waals surface area contributed by atoms with Gasteiger partial charge in [0.05, 0.1) is 0 Å². The third-order valence-corrected chi connectivity index (χ3v) is 2.52. The number of halogens is 1. The Balaban J connectivity index is 0.000000490. The maximum absolute atomic E-state index is 2.37. The van der Waals surface area contributed by atoms with Crippen molar-refractivity contribution in [2.75, 3.05) is 0 Å². The molecule has 1 rings (SSSR count). The minimum atomic E-state index is 0. The van der Waals surface area contributed by atoms with Crippen molar-refractivity contribution in [3.8, 4) is 0 Å². The predicted molar refractivity (Wildman–Crippen MR) is 32.6 cm³/mol. The molecule has 44 valence electrons. The molecule has 0 aliphatic heterocycles. The fourth-order valence-corrected chi connectivity index (χ4v) is 1.73. The van der Waals surface area contributed by atoms with Gasteiger partial charge >= 0.3 is 57.9 Å². The molecule has 0 heterocycles. The molecule has 8 heavy (non-hydrogen) atoms. The standard InChI is InChI=1S/C6H11.HI.Mg/c1-6-4-2-3-5-6;;/h2-5H2,1H3;1H;/q;;+1/p-1. The van der Waals surface area contributed by atoms with E-state index in [0.29, 0.717) is 0 Å². The Morgan fingerprint density at radius 1 is 1.25 bits per heavy atom. The van der Waals surface area contributed by atoms with Crippen LogP contribution in [-0.2, 0) is 0 Å². The van der Waals surface area contributed by atoms with Crippen LogP contribution in [0.4, 0.5) is 0 Å². The second-order valence-corrected chi connectivity index (χ2v) is 4.72. The van der Waals surface area contributed by atoms with Crippen LogP contribution in [0, 0.1) is 0 Å². The zero-order valence-corrected chi connectivity index (χ0v) is 8.99. The van der Waals surface area contributed by atoms with Crippen LogP contribution >= 0.6 is 0 Å². The van der Waals surface area contributed by atoms with E-state index in [2.05, 4.69) is 28.6 Å². The van der Waals surface area contributed by atoms with Crippen molar-refractivity contribution < 1.29 is 24.0 Å². The number of hydrogen-bond donors (Lipinski definition) is 0. The molecule has 0 nitrogen and oxygen atoms in total. The summed E-state index contributed by atoms with van der Waals surface area (Å²) in [4.78, 5) is 0. The van der Waals surface area contributed by atoms with Gasteiger partial charge in [0.25, 0.3) is 0 Å². The van der Waals surface area contributed by atoms with Gasteiger partial charge in [0.1, 0.15) is 0 Å². The summed E-state index contributed by atoms with van der Waals surface area (Å²) in [6.07, 6.45) is 5.87. The van der Waals surface area contributed by atoms with Crippen LogP contribution in [0.1, 0.15) is 32.6 Å². The molecule has 1 aliphatic carbocycles. The second-order valence-electron chi connectivity index (χ2n) is 3.02. The van der Waals surface area contributed by atoms with E-state index >= 15 is 0 Å². The molecule has 0 N–H and O–H groups in total. The molecule has 1 aliphatic rings. The number of hydrogen-bond acceptors (Lipinski definition) is 0. The summed E-state index contributed by atoms with van der Waals surface area (Å²) in [6.45, 7) is 2.37. The first-order valence-electron chi connectivity index (χ1n) is 3.06. The molecular formula is C6H11IMg. The van der Waals surface area contributed by atoms with Crippen LogP contribution in [0.2, 0.25) is 3.54 Å². The maximum Gasteiger partial charge on any atom is -1.00 e. The van der Waals surface area contributed by atoms with Crippen molar-refractivity contribution in [3.63, 3.8) is 0 Å². The maximum atomic E-state index is 2.37. The van der Waals surface area contributed by atoms with Gasteiger partial charge in [0, 0.05) is 0 Å². The second kappa shape index (κ2) is 3.61. The van der Waals surface area contributed by atoms with Gasteiger partial charge in [-0.2, -0.15) is 0 Å². The predicted octanol–water partition coefficient (Wildman–Crippen LogP) is -1.09. The Morgan fingerprint density at radius 3 is 1.75 bits per heavy atom. The van der Waals surface area contributed by atoms with Crippen LogP contribution < -0.4 is 24.0 Å². The monoisotopic (exact) mass is 234 g/mol. The topological polar surface area (TPSA) is 0 Å². The first-order valence-corrected chi connectivity index (χ1v) is 3.77. The average Bonchev–Trinajstić information content (AvgIpc) is 1.84. The smallest absolute Gasteiger partial charge is 1.00 e. The van der Waals surface area contributed by atoms with Crippen molar-refractivity contribution in [1.29, 1.82) is 0 Å². The Kier molecular flexibility index (Phi) is 4.29. The average molecular weight is 234 g/mol. The van der Waals surface area contributed by atoms with E-state index in [1.54, 1.807) is 0 Å². The van der Waals surface area contributed by atoms with Crippen LogP contribution in [-0.4, -0.2) is 21.7 Å². The molecule has 0 bridgehead atoms. The van der Waals surface area contributed by atoms with Gasteiger partial charge in [-0.15, -0.1) is 0 Å². The van der Waals surface area contributed by atoms with E-state index in [0.717, 1.165) is 3.54 Å². The van der Waals surface area contributed by atoms with Gasteiger partial charge in [0.2, 0.25) is 0 Å². The molecular weight excluding hydrogens is 223 g/mol. The quantitative estimate of drug-likeness (QED) is 0.369. The summed E-state index contributed by atoms with van der Waals surface area (Å²) in [5.41, 5.74) is 0. The van der Waals surface area contributed by atoms with Crippen molar-refractivity contribution in [1.82, 2.24) is 0 Å². The molecule has 1 saturated carbocycles. The summed E-state index contributed by atoms with van der Waals surface area (Å²) < 4.78 is 0.722. The van der Waals surface area contributed by atoms with E-state index in [-0.39, 0.29) is 24.0 Å². The zero-order chi connectivity index (χ0) is 5.33. The van der Waals surface area contributed by atoms with E-state index < -0.39 is 0 Å². The van der Waals surface area contributed by atoms with Gasteiger partial charge < -0.3 is 24.0 Å². The van der Waals surface area contributed by atoms with Gasteiger partial charge in [-0.1, -0.05) is 0 Å². The normalized spacial score (nSPS) is 24.9. The van der Waals surface area contributed by atoms with Gasteiger partial charge in [-0.05, 0) is 0 Å². The molecule has 0 spiro atoms. The van der Waals surface area contributed by atoms with E-state index in [1.165, 1.54) is 25.7 Å². The Morgan fingerprint density at radius 2 is 1.62 bits per heavy atom. The van der Waals surface area contributed by atoms with Gasteiger partial charge in [-0.25, -0.2) is 0 Å². The van der Waals surface area contributed by atoms with Crippen LogP contribution in [0.5, 0.6) is 0 Å². The molecule has 0 amide bonds. The Labute approximate surface area is 81.3 Å². The molecule has 1 fully saturated rings. The zero-order valence-electron chi connectivity index (χ0n) is 5.41. The fraction of sp³-hybridized carbons (Fsp3) is 1.00. The van der Waals surface area contributed by atoms with Crippen molar-refractivity contribution in [2.24, 2.45) is 0 Å². The van der Waals surface area contributed by atoms with E-state index in [4.69, 9.17) is 0 Å². The van der Waals surface area contributed by atoms with Crippen LogP contribution in [0.3, 0.4) is 0 Å². The summed E-state index contributed by atoms with van der Waals surface area (Å²) in [5, 5.41) is 0. The molecule has 0 aromatic rings. The van der Waals surface area contributed by atoms with Crippen molar-refractivity contribution in [2.45, 2.75) is 36.2 Å². The van der Waals surface area contributed by atoms with Crippen LogP contribution in [0.15, 0.2) is 0 Å². The number of rotatable bonds is 0. The molecule has 0 unspecified atom stereocenters. The molecule has 0 aromatic heterocycles. The largest absolute Gasteiger partial charge is 1.00 e. The first-order chi connectivity index (χ1) is 3.21. The molecule has 0 saturated heterocycles. The summed E-state index contributed by atoms with van der Waals surface area (Å²) in [6, 6.07) is 0. The third kappa shape index (κ3) is 2.87. The minimum absolute atomic E-state index is 0. The molecule has 2 heteroatoms. The molecule has 0 aromatic carbocycles. The SMILES string of the molecule is C[C]1([Mg+])CCCC1.[I-]. The Hall–Kier alpha value is 1.50. The van der Waals surface area contributed by atoms with E-state index in [9.17, 15) is 0 Å². The molecule has 0 radical (unpaired) electrons. The van der Waals surface area contributed by atoms with Crippen LogP contribution in [0.25, 0.3) is 0 Å². The van der Waals surface area contributed by atoms with E-state index in [1.807, 2.05) is 0 Å². The summed E-state index contributed by atoms with van der Waals surface area (Å²) in [5.74, 6) is 0. The van der Waals surface area contributed by atoms with Crippen molar-refractivity contribution in [3.05, 3.63) is 0 Å². The van der Waals surface area contributed by atoms with Crippen molar-refractivity contribution >= 4 is 21.7 Å². The molecule has 0 atom stereocenters. The third-order valence-electron chi connectivity index (χ3n) is 1.81. The first kappa shape index (κ1) is 9.50. The summed E-state index contributed by atoms with van der Waals surface area (Å²) >= 11 is 2.17. The minimum Gasteiger partial charge on any atom is -1.00 e. The summed E-state index contributed by atoms with van der Waals surface area (Å²) in [7, 11) is 0. The fourth-order valence-electron chi connectivity index (χ4n) is 1.23. The Bertz CT molecular complexity index is 62.9. The van der Waals surface area contributed by atoms with Gasteiger partial charge in [-0.3, -0.25) is 0 Å². The van der Waals surface area contributed by atoms with Gasteiger partial charge in [0.15, 0.2) is 0 Å².